The number of hydrogen-bond acceptors (Lipinski definition) is 5. The number of nitrogens with zero attached hydrogens (tertiary/aromatic N) is 2. The molecular weight excluding hydrogens is 320 g/mol. The second kappa shape index (κ2) is 8.79. The number of ether oxygens (including phenoxy) is 2. The molecule has 0 aromatic heterocycles. The number of halogens is 2. The molecule has 6 nitrogen and oxygen atoms in total. The molecule has 0 aliphatic carbocycles. The van der Waals surface area contributed by atoms with Gasteiger partial charge in [-0.05, 0) is 19.2 Å². The van der Waals surface area contributed by atoms with Crippen LogP contribution >= 0.6 is 0 Å². The maximum Gasteiger partial charge on any atom is 0.387 e. The van der Waals surface area contributed by atoms with E-state index in [-0.39, 0.29) is 11.3 Å². The summed E-state index contributed by atoms with van der Waals surface area (Å²) in [5.74, 6) is -0.288. The van der Waals surface area contributed by atoms with E-state index in [2.05, 4.69) is 26.9 Å². The van der Waals surface area contributed by atoms with Crippen LogP contribution < -0.4 is 14.8 Å². The van der Waals surface area contributed by atoms with Crippen LogP contribution in [0.4, 0.5) is 8.78 Å². The van der Waals surface area contributed by atoms with Crippen LogP contribution in [0, 0.1) is 0 Å². The molecule has 0 unspecified atom stereocenters. The Kier molecular flexibility index (Phi) is 6.74. The first-order chi connectivity index (χ1) is 11.5. The minimum absolute atomic E-state index is 0.0643. The topological polar surface area (TPSA) is 54.0 Å². The van der Waals surface area contributed by atoms with Gasteiger partial charge in [-0.15, -0.1) is 0 Å². The van der Waals surface area contributed by atoms with E-state index in [9.17, 15) is 13.6 Å². The molecule has 1 aromatic rings. The second-order valence-electron chi connectivity index (χ2n) is 5.64. The number of rotatable bonds is 7. The molecule has 134 valence electrons. The predicted molar refractivity (Wildman–Crippen MR) is 85.9 cm³/mol. The van der Waals surface area contributed by atoms with Gasteiger partial charge >= 0.3 is 6.61 Å². The standard InChI is InChI=1S/C16H23F2N3O3/c1-20-7-9-21(10-8-20)6-5-19-15(22)13-4-3-12(23-2)11-14(13)24-16(17)18/h3-4,11,16H,5-10H2,1-2H3,(H,19,22). The van der Waals surface area contributed by atoms with Gasteiger partial charge in [0.2, 0.25) is 0 Å². The molecule has 0 spiro atoms. The summed E-state index contributed by atoms with van der Waals surface area (Å²) in [5.41, 5.74) is 0.0643. The highest BCUT2D eigenvalue weighted by Gasteiger charge is 2.18. The molecule has 2 rings (SSSR count). The number of nitrogens with one attached hydrogen (secondary N) is 1. The lowest BCUT2D eigenvalue weighted by atomic mass is 10.1. The first-order valence-corrected chi connectivity index (χ1v) is 7.81. The molecule has 1 aliphatic rings. The molecule has 1 heterocycles. The maximum atomic E-state index is 12.5. The fourth-order valence-electron chi connectivity index (χ4n) is 2.50. The first-order valence-electron chi connectivity index (χ1n) is 7.81. The number of carbonyl (C=O) groups is 1. The molecule has 1 amide bonds. The summed E-state index contributed by atoms with van der Waals surface area (Å²) in [7, 11) is 3.49. The Bertz CT molecular complexity index is 549. The highest BCUT2D eigenvalue weighted by atomic mass is 19.3. The van der Waals surface area contributed by atoms with E-state index in [4.69, 9.17) is 4.74 Å². The van der Waals surface area contributed by atoms with E-state index >= 15 is 0 Å². The molecule has 0 saturated carbocycles. The highest BCUT2D eigenvalue weighted by molar-refractivity contribution is 5.97. The van der Waals surface area contributed by atoms with Crippen molar-refractivity contribution >= 4 is 5.91 Å². The molecule has 0 radical (unpaired) electrons. The normalized spacial score (nSPS) is 16.2. The van der Waals surface area contributed by atoms with Crippen molar-refractivity contribution in [1.29, 1.82) is 0 Å². The van der Waals surface area contributed by atoms with Crippen molar-refractivity contribution < 1.29 is 23.0 Å². The predicted octanol–water partition coefficient (Wildman–Crippen LogP) is 1.27. The van der Waals surface area contributed by atoms with Crippen molar-refractivity contribution in [2.24, 2.45) is 0 Å². The average molecular weight is 343 g/mol. The van der Waals surface area contributed by atoms with Crippen LogP contribution in [0.3, 0.4) is 0 Å². The van der Waals surface area contributed by atoms with Crippen molar-refractivity contribution in [3.8, 4) is 11.5 Å². The van der Waals surface area contributed by atoms with E-state index in [0.717, 1.165) is 32.7 Å². The van der Waals surface area contributed by atoms with Crippen molar-refractivity contribution in [3.05, 3.63) is 23.8 Å². The number of carbonyl (C=O) groups excluding carboxylic acids is 1. The largest absolute Gasteiger partial charge is 0.497 e. The summed E-state index contributed by atoms with van der Waals surface area (Å²) in [6.07, 6.45) is 0. The molecule has 0 atom stereocenters. The van der Waals surface area contributed by atoms with Gasteiger partial charge in [0.25, 0.3) is 5.91 Å². The minimum atomic E-state index is -3.01. The van der Waals surface area contributed by atoms with Crippen molar-refractivity contribution in [2.45, 2.75) is 6.61 Å². The van der Waals surface area contributed by atoms with Crippen LogP contribution in [0.1, 0.15) is 10.4 Å². The van der Waals surface area contributed by atoms with Gasteiger partial charge < -0.3 is 19.7 Å². The molecule has 0 bridgehead atoms. The zero-order valence-electron chi connectivity index (χ0n) is 13.9. The number of likely N-dealkylation sites (N-methyl/N-ethyl adjacent to an activating group) is 1. The molecule has 1 saturated heterocycles. The van der Waals surface area contributed by atoms with Crippen LogP contribution in [-0.2, 0) is 0 Å². The van der Waals surface area contributed by atoms with E-state index in [0.29, 0.717) is 12.3 Å². The zero-order valence-corrected chi connectivity index (χ0v) is 13.9. The smallest absolute Gasteiger partial charge is 0.387 e. The van der Waals surface area contributed by atoms with Gasteiger partial charge in [-0.25, -0.2) is 0 Å². The molecule has 1 aromatic carbocycles. The number of methoxy groups -OCH3 is 1. The third-order valence-electron chi connectivity index (χ3n) is 3.96. The Labute approximate surface area is 140 Å². The van der Waals surface area contributed by atoms with Gasteiger partial charge in [-0.1, -0.05) is 0 Å². The summed E-state index contributed by atoms with van der Waals surface area (Å²) < 4.78 is 34.4. The van der Waals surface area contributed by atoms with Gasteiger partial charge in [0, 0.05) is 45.3 Å². The molecule has 24 heavy (non-hydrogen) atoms. The summed E-state index contributed by atoms with van der Waals surface area (Å²) in [6, 6.07) is 4.23. The van der Waals surface area contributed by atoms with Crippen LogP contribution in [0.5, 0.6) is 11.5 Å². The average Bonchev–Trinajstić information content (AvgIpc) is 2.56. The lowest BCUT2D eigenvalue weighted by Crippen LogP contribution is -2.46. The van der Waals surface area contributed by atoms with Crippen molar-refractivity contribution in [1.82, 2.24) is 15.1 Å². The Hall–Kier alpha value is -1.93. The third-order valence-corrected chi connectivity index (χ3v) is 3.96. The number of benzene rings is 1. The maximum absolute atomic E-state index is 12.5. The number of hydrogen-bond donors (Lipinski definition) is 1. The highest BCUT2D eigenvalue weighted by Crippen LogP contribution is 2.26. The summed E-state index contributed by atoms with van der Waals surface area (Å²) in [4.78, 5) is 16.7. The lowest BCUT2D eigenvalue weighted by molar-refractivity contribution is -0.0502. The van der Waals surface area contributed by atoms with Crippen LogP contribution in [0.15, 0.2) is 18.2 Å². The van der Waals surface area contributed by atoms with E-state index in [1.54, 1.807) is 0 Å². The minimum Gasteiger partial charge on any atom is -0.497 e. The summed E-state index contributed by atoms with van der Waals surface area (Å²) in [5, 5.41) is 2.75. The van der Waals surface area contributed by atoms with Gasteiger partial charge in [0.1, 0.15) is 11.5 Å². The van der Waals surface area contributed by atoms with Crippen LogP contribution in [-0.4, -0.2) is 75.7 Å². The fraction of sp³-hybridized carbons (Fsp3) is 0.562. The van der Waals surface area contributed by atoms with Gasteiger partial charge in [0.15, 0.2) is 0 Å². The van der Waals surface area contributed by atoms with Gasteiger partial charge in [0.05, 0.1) is 12.7 Å². The first kappa shape index (κ1) is 18.4. The van der Waals surface area contributed by atoms with Gasteiger partial charge in [-0.2, -0.15) is 8.78 Å². The van der Waals surface area contributed by atoms with Crippen molar-refractivity contribution in [3.63, 3.8) is 0 Å². The van der Waals surface area contributed by atoms with Crippen LogP contribution in [0.25, 0.3) is 0 Å². The fourth-order valence-corrected chi connectivity index (χ4v) is 2.50. The molecule has 1 fully saturated rings. The lowest BCUT2D eigenvalue weighted by Gasteiger charge is -2.32. The van der Waals surface area contributed by atoms with E-state index < -0.39 is 12.5 Å². The number of amides is 1. The zero-order chi connectivity index (χ0) is 17.5. The second-order valence-corrected chi connectivity index (χ2v) is 5.64. The SMILES string of the molecule is COc1ccc(C(=O)NCCN2CCN(C)CC2)c(OC(F)F)c1. The number of alkyl halides is 2. The Morgan fingerprint density at radius 3 is 2.62 bits per heavy atom. The van der Waals surface area contributed by atoms with E-state index in [1.165, 1.54) is 25.3 Å². The molecule has 1 aliphatic heterocycles. The van der Waals surface area contributed by atoms with Crippen molar-refractivity contribution in [2.75, 3.05) is 53.4 Å². The quantitative estimate of drug-likeness (QED) is 0.808. The molecule has 1 N–H and O–H groups in total. The Morgan fingerprint density at radius 1 is 1.29 bits per heavy atom. The Balaban J connectivity index is 1.91. The third kappa shape index (κ3) is 5.31. The summed E-state index contributed by atoms with van der Waals surface area (Å²) >= 11 is 0. The van der Waals surface area contributed by atoms with E-state index in [1.807, 2.05) is 0 Å². The van der Waals surface area contributed by atoms with Crippen LogP contribution in [0.2, 0.25) is 0 Å². The molecule has 8 heteroatoms. The van der Waals surface area contributed by atoms with Gasteiger partial charge in [-0.3, -0.25) is 9.69 Å². The molecular formula is C16H23F2N3O3. The Morgan fingerprint density at radius 2 is 2.00 bits per heavy atom. The number of piperazine rings is 1. The summed E-state index contributed by atoms with van der Waals surface area (Å²) in [6.45, 7) is 2.07. The monoisotopic (exact) mass is 343 g/mol.